The lowest BCUT2D eigenvalue weighted by molar-refractivity contribution is 0.296. The molecule has 0 radical (unpaired) electrons. The molecule has 0 bridgehead atoms. The zero-order valence-electron chi connectivity index (χ0n) is 20.3. The smallest absolute Gasteiger partial charge is 0.227 e. The summed E-state index contributed by atoms with van der Waals surface area (Å²) < 4.78 is 7.67. The second-order valence-electron chi connectivity index (χ2n) is 9.53. The molecule has 1 atom stereocenters. The summed E-state index contributed by atoms with van der Waals surface area (Å²) in [5, 5.41) is 8.56. The van der Waals surface area contributed by atoms with Crippen LogP contribution in [0.1, 0.15) is 12.5 Å². The van der Waals surface area contributed by atoms with E-state index in [0.717, 1.165) is 33.3 Å². The number of hydrogen-bond acceptors (Lipinski definition) is 6. The fourth-order valence-corrected chi connectivity index (χ4v) is 3.80. The van der Waals surface area contributed by atoms with Crippen molar-refractivity contribution in [3.63, 3.8) is 0 Å². The Morgan fingerprint density at radius 2 is 1.94 bits per heavy atom. The fraction of sp³-hybridized carbons (Fsp3) is 0.269. The minimum atomic E-state index is -1.43. The lowest BCUT2D eigenvalue weighted by atomic mass is 10.1. The lowest BCUT2D eigenvalue weighted by Crippen LogP contribution is -2.23. The van der Waals surface area contributed by atoms with Crippen LogP contribution >= 0.6 is 0 Å². The molecule has 3 N–H and O–H groups in total. The highest BCUT2D eigenvalue weighted by Gasteiger charge is 2.10. The van der Waals surface area contributed by atoms with E-state index < -0.39 is 8.07 Å². The predicted octanol–water partition coefficient (Wildman–Crippen LogP) is 4.73. The summed E-state index contributed by atoms with van der Waals surface area (Å²) in [4.78, 5) is 9.22. The molecule has 0 unspecified atom stereocenters. The summed E-state index contributed by atoms with van der Waals surface area (Å²) >= 11 is 0. The van der Waals surface area contributed by atoms with Gasteiger partial charge in [0, 0.05) is 53.8 Å². The molecule has 0 spiro atoms. The van der Waals surface area contributed by atoms with E-state index in [1.807, 2.05) is 69.0 Å². The standard InChI is InChI=1S/C26H30N6OSi/c1-18(27)17-33-24-12-20(22-15-29-32(2)16-22)11-23(13-24)30-26-28-14-21-10-19(6-7-25(21)31-26)8-9-34(3,4)5/h6-7,10-16,18H,17,27H2,1-5H3,(H,28,30,31)/t18-/m1/s1. The van der Waals surface area contributed by atoms with Crippen LogP contribution in [-0.4, -0.2) is 40.5 Å². The maximum atomic E-state index is 5.90. The Hall–Kier alpha value is -3.67. The molecule has 4 rings (SSSR count). The highest BCUT2D eigenvalue weighted by molar-refractivity contribution is 6.83. The van der Waals surface area contributed by atoms with Crippen LogP contribution in [0, 0.1) is 11.5 Å². The quantitative estimate of drug-likeness (QED) is 0.313. The van der Waals surface area contributed by atoms with Crippen LogP contribution in [0.25, 0.3) is 22.0 Å². The van der Waals surface area contributed by atoms with Gasteiger partial charge >= 0.3 is 0 Å². The van der Waals surface area contributed by atoms with Crippen molar-refractivity contribution < 1.29 is 4.74 Å². The van der Waals surface area contributed by atoms with Crippen molar-refractivity contribution >= 4 is 30.6 Å². The fourth-order valence-electron chi connectivity index (χ4n) is 3.28. The summed E-state index contributed by atoms with van der Waals surface area (Å²) in [6.07, 6.45) is 5.61. The summed E-state index contributed by atoms with van der Waals surface area (Å²) in [5.41, 5.74) is 13.9. The van der Waals surface area contributed by atoms with Crippen molar-refractivity contribution in [1.82, 2.24) is 19.7 Å². The van der Waals surface area contributed by atoms with Gasteiger partial charge in [0.15, 0.2) is 0 Å². The Bertz CT molecular complexity index is 1380. The van der Waals surface area contributed by atoms with E-state index in [1.54, 1.807) is 4.68 Å². The van der Waals surface area contributed by atoms with Crippen LogP contribution < -0.4 is 15.8 Å². The number of aryl methyl sites for hydroxylation is 1. The normalized spacial score (nSPS) is 12.2. The van der Waals surface area contributed by atoms with Crippen LogP contribution in [0.2, 0.25) is 19.6 Å². The maximum Gasteiger partial charge on any atom is 0.227 e. The van der Waals surface area contributed by atoms with Gasteiger partial charge in [-0.15, -0.1) is 5.54 Å². The molecule has 2 aromatic carbocycles. The van der Waals surface area contributed by atoms with Crippen LogP contribution in [0.5, 0.6) is 5.75 Å². The molecule has 0 amide bonds. The summed E-state index contributed by atoms with van der Waals surface area (Å²) in [5.74, 6) is 4.52. The molecule has 2 aromatic heterocycles. The topological polar surface area (TPSA) is 90.9 Å². The summed E-state index contributed by atoms with van der Waals surface area (Å²) in [7, 11) is 0.463. The maximum absolute atomic E-state index is 5.90. The monoisotopic (exact) mass is 470 g/mol. The average Bonchev–Trinajstić information content (AvgIpc) is 3.22. The average molecular weight is 471 g/mol. The third-order valence-corrected chi connectivity index (χ3v) is 5.75. The highest BCUT2D eigenvalue weighted by atomic mass is 28.3. The van der Waals surface area contributed by atoms with Crippen molar-refractivity contribution in [2.24, 2.45) is 12.8 Å². The Kier molecular flexibility index (Phi) is 6.68. The molecule has 0 saturated heterocycles. The van der Waals surface area contributed by atoms with E-state index in [1.165, 1.54) is 0 Å². The van der Waals surface area contributed by atoms with Crippen LogP contribution in [0.4, 0.5) is 11.6 Å². The van der Waals surface area contributed by atoms with Gasteiger partial charge in [-0.2, -0.15) is 5.10 Å². The van der Waals surface area contributed by atoms with E-state index >= 15 is 0 Å². The number of ether oxygens (including phenoxy) is 1. The second-order valence-corrected chi connectivity index (χ2v) is 14.3. The van der Waals surface area contributed by atoms with Gasteiger partial charge in [-0.05, 0) is 42.8 Å². The predicted molar refractivity (Wildman–Crippen MR) is 141 cm³/mol. The van der Waals surface area contributed by atoms with E-state index in [4.69, 9.17) is 15.5 Å². The zero-order chi connectivity index (χ0) is 24.3. The van der Waals surface area contributed by atoms with E-state index in [0.29, 0.717) is 18.3 Å². The molecule has 0 aliphatic carbocycles. The Labute approximate surface area is 201 Å². The van der Waals surface area contributed by atoms with E-state index in [2.05, 4.69) is 46.5 Å². The number of anilines is 2. The number of rotatable bonds is 6. The van der Waals surface area contributed by atoms with Crippen molar-refractivity contribution in [3.05, 3.63) is 60.6 Å². The minimum Gasteiger partial charge on any atom is -0.492 e. The molecule has 7 nitrogen and oxygen atoms in total. The Balaban J connectivity index is 1.62. The van der Waals surface area contributed by atoms with E-state index in [-0.39, 0.29) is 6.04 Å². The third kappa shape index (κ3) is 6.22. The van der Waals surface area contributed by atoms with Crippen LogP contribution in [0.15, 0.2) is 55.0 Å². The second kappa shape index (κ2) is 9.67. The Morgan fingerprint density at radius 1 is 1.12 bits per heavy atom. The SMILES string of the molecule is C[C@@H](N)COc1cc(Nc2ncc3cc(C#C[Si](C)(C)C)ccc3n2)cc(-c2cnn(C)c2)c1. The molecule has 2 heterocycles. The van der Waals surface area contributed by atoms with Gasteiger partial charge < -0.3 is 15.8 Å². The molecule has 0 aliphatic heterocycles. The van der Waals surface area contributed by atoms with Gasteiger partial charge in [-0.3, -0.25) is 4.68 Å². The van der Waals surface area contributed by atoms with Gasteiger partial charge in [-0.1, -0.05) is 25.6 Å². The van der Waals surface area contributed by atoms with Crippen molar-refractivity contribution in [2.75, 3.05) is 11.9 Å². The first-order valence-corrected chi connectivity index (χ1v) is 14.7. The van der Waals surface area contributed by atoms with E-state index in [9.17, 15) is 0 Å². The highest BCUT2D eigenvalue weighted by Crippen LogP contribution is 2.30. The molecular formula is C26H30N6OSi. The molecule has 34 heavy (non-hydrogen) atoms. The van der Waals surface area contributed by atoms with Crippen molar-refractivity contribution in [2.45, 2.75) is 32.6 Å². The first-order chi connectivity index (χ1) is 16.1. The van der Waals surface area contributed by atoms with Gasteiger partial charge in [0.25, 0.3) is 0 Å². The first kappa shape index (κ1) is 23.5. The van der Waals surface area contributed by atoms with Crippen molar-refractivity contribution in [1.29, 1.82) is 0 Å². The molecule has 0 aliphatic rings. The summed E-state index contributed by atoms with van der Waals surface area (Å²) in [6.45, 7) is 9.04. The number of hydrogen-bond donors (Lipinski definition) is 2. The van der Waals surface area contributed by atoms with Gasteiger partial charge in [-0.25, -0.2) is 9.97 Å². The largest absolute Gasteiger partial charge is 0.492 e. The van der Waals surface area contributed by atoms with Crippen LogP contribution in [-0.2, 0) is 7.05 Å². The molecule has 174 valence electrons. The molecule has 8 heteroatoms. The molecule has 0 fully saturated rings. The summed E-state index contributed by atoms with van der Waals surface area (Å²) in [6, 6.07) is 11.9. The first-order valence-electron chi connectivity index (χ1n) is 11.2. The van der Waals surface area contributed by atoms with Gasteiger partial charge in [0.2, 0.25) is 5.95 Å². The number of aromatic nitrogens is 4. The lowest BCUT2D eigenvalue weighted by Gasteiger charge is -2.13. The number of nitrogens with zero attached hydrogens (tertiary/aromatic N) is 4. The number of fused-ring (bicyclic) bond motifs is 1. The number of benzene rings is 2. The number of nitrogens with two attached hydrogens (primary N) is 1. The zero-order valence-corrected chi connectivity index (χ0v) is 21.3. The third-order valence-electron chi connectivity index (χ3n) is 4.88. The Morgan fingerprint density at radius 3 is 2.65 bits per heavy atom. The number of nitrogens with one attached hydrogen (secondary N) is 1. The molecule has 4 aromatic rings. The van der Waals surface area contributed by atoms with Crippen LogP contribution in [0.3, 0.4) is 0 Å². The molecular weight excluding hydrogens is 440 g/mol. The molecule has 0 saturated carbocycles. The minimum absolute atomic E-state index is 0.0670. The van der Waals surface area contributed by atoms with Crippen molar-refractivity contribution in [3.8, 4) is 28.3 Å². The van der Waals surface area contributed by atoms with Gasteiger partial charge in [0.1, 0.15) is 20.4 Å². The van der Waals surface area contributed by atoms with Gasteiger partial charge in [0.05, 0.1) is 11.7 Å².